The smallest absolute Gasteiger partial charge is 0.225 e. The summed E-state index contributed by atoms with van der Waals surface area (Å²) in [4.78, 5) is 13.9. The molecular weight excluding hydrogens is 374 g/mol. The lowest BCUT2D eigenvalue weighted by Crippen LogP contribution is -2.34. The van der Waals surface area contributed by atoms with Crippen molar-refractivity contribution in [2.24, 2.45) is 0 Å². The zero-order valence-electron chi connectivity index (χ0n) is 16.3. The minimum atomic E-state index is 0.342. The second-order valence-corrected chi connectivity index (χ2v) is 9.02. The molecule has 2 heterocycles. The third kappa shape index (κ3) is 3.57. The van der Waals surface area contributed by atoms with Gasteiger partial charge in [-0.2, -0.15) is 4.98 Å². The molecule has 0 N–H and O–H groups in total. The van der Waals surface area contributed by atoms with Gasteiger partial charge in [0.1, 0.15) is 10.6 Å². The van der Waals surface area contributed by atoms with E-state index in [0.29, 0.717) is 11.3 Å². The molecule has 0 spiro atoms. The lowest BCUT2D eigenvalue weighted by molar-refractivity contribution is 0.426. The molecule has 0 atom stereocenters. The van der Waals surface area contributed by atoms with Crippen LogP contribution in [0.4, 0.5) is 5.82 Å². The second-order valence-electron chi connectivity index (χ2n) is 7.48. The molecule has 3 nitrogen and oxygen atoms in total. The first-order valence-corrected chi connectivity index (χ1v) is 11.1. The van der Waals surface area contributed by atoms with Crippen LogP contribution in [-0.2, 0) is 6.42 Å². The number of aromatic nitrogens is 2. The van der Waals surface area contributed by atoms with Crippen LogP contribution in [0, 0.1) is 6.92 Å². The van der Waals surface area contributed by atoms with Crippen molar-refractivity contribution in [2.45, 2.75) is 58.4 Å². The maximum absolute atomic E-state index is 6.31. The molecular formula is C22H26ClN3S. The van der Waals surface area contributed by atoms with Gasteiger partial charge in [0, 0.05) is 23.5 Å². The van der Waals surface area contributed by atoms with Crippen molar-refractivity contribution >= 4 is 39.0 Å². The van der Waals surface area contributed by atoms with Crippen LogP contribution in [-0.4, -0.2) is 23.1 Å². The number of aryl methyl sites for hydroxylation is 2. The van der Waals surface area contributed by atoms with E-state index in [4.69, 9.17) is 16.6 Å². The first-order chi connectivity index (χ1) is 13.1. The Morgan fingerprint density at radius 1 is 1.11 bits per heavy atom. The maximum Gasteiger partial charge on any atom is 0.225 e. The third-order valence-corrected chi connectivity index (χ3v) is 6.96. The summed E-state index contributed by atoms with van der Waals surface area (Å²) >= 11 is 8.03. The topological polar surface area (TPSA) is 29.0 Å². The summed E-state index contributed by atoms with van der Waals surface area (Å²) in [6.07, 6.45) is 7.44. The standard InChI is InChI=1S/C22H26ClN3S/c1-4-15-10-12-16(13-11-15)18-14(2)27-21-19(18)20(24-22(23)25-21)26(3)17-8-6-5-7-9-17/h10-13,17H,4-9H2,1-3H3. The van der Waals surface area contributed by atoms with Gasteiger partial charge in [-0.15, -0.1) is 11.3 Å². The van der Waals surface area contributed by atoms with Crippen molar-refractivity contribution in [3.8, 4) is 11.1 Å². The van der Waals surface area contributed by atoms with Crippen molar-refractivity contribution in [2.75, 3.05) is 11.9 Å². The van der Waals surface area contributed by atoms with Crippen molar-refractivity contribution in [1.29, 1.82) is 0 Å². The van der Waals surface area contributed by atoms with E-state index in [1.54, 1.807) is 11.3 Å². The highest BCUT2D eigenvalue weighted by molar-refractivity contribution is 7.19. The van der Waals surface area contributed by atoms with Crippen LogP contribution in [0.15, 0.2) is 24.3 Å². The van der Waals surface area contributed by atoms with Crippen LogP contribution in [0.1, 0.15) is 49.5 Å². The van der Waals surface area contributed by atoms with Gasteiger partial charge in [0.15, 0.2) is 0 Å². The third-order valence-electron chi connectivity index (χ3n) is 5.79. The zero-order valence-corrected chi connectivity index (χ0v) is 17.8. The quantitative estimate of drug-likeness (QED) is 0.459. The maximum atomic E-state index is 6.31. The molecule has 0 saturated heterocycles. The molecule has 0 amide bonds. The Morgan fingerprint density at radius 2 is 1.81 bits per heavy atom. The van der Waals surface area contributed by atoms with E-state index in [2.05, 4.69) is 55.0 Å². The average molecular weight is 400 g/mol. The fraction of sp³-hybridized carbons (Fsp3) is 0.455. The first kappa shape index (κ1) is 18.7. The van der Waals surface area contributed by atoms with Crippen LogP contribution < -0.4 is 4.90 Å². The summed E-state index contributed by atoms with van der Waals surface area (Å²) in [5.74, 6) is 0.982. The molecule has 3 aromatic rings. The number of anilines is 1. The Balaban J connectivity index is 1.87. The number of benzene rings is 1. The Morgan fingerprint density at radius 3 is 2.48 bits per heavy atom. The number of hydrogen-bond donors (Lipinski definition) is 0. The van der Waals surface area contributed by atoms with Crippen molar-refractivity contribution < 1.29 is 0 Å². The molecule has 0 aliphatic heterocycles. The van der Waals surface area contributed by atoms with Gasteiger partial charge in [-0.1, -0.05) is 50.5 Å². The van der Waals surface area contributed by atoms with E-state index >= 15 is 0 Å². The van der Waals surface area contributed by atoms with Gasteiger partial charge in [0.05, 0.1) is 5.39 Å². The van der Waals surface area contributed by atoms with E-state index < -0.39 is 0 Å². The summed E-state index contributed by atoms with van der Waals surface area (Å²) in [6, 6.07) is 9.43. The van der Waals surface area contributed by atoms with Gasteiger partial charge in [-0.05, 0) is 48.9 Å². The molecule has 1 aliphatic carbocycles. The molecule has 1 aliphatic rings. The fourth-order valence-corrected chi connectivity index (χ4v) is 5.47. The number of thiophene rings is 1. The minimum absolute atomic E-state index is 0.342. The monoisotopic (exact) mass is 399 g/mol. The van der Waals surface area contributed by atoms with Gasteiger partial charge in [0.25, 0.3) is 0 Å². The van der Waals surface area contributed by atoms with Gasteiger partial charge >= 0.3 is 0 Å². The normalized spacial score (nSPS) is 15.4. The molecule has 2 aromatic heterocycles. The fourth-order valence-electron chi connectivity index (χ4n) is 4.22. The van der Waals surface area contributed by atoms with Crippen molar-refractivity contribution in [1.82, 2.24) is 9.97 Å². The van der Waals surface area contributed by atoms with Gasteiger partial charge < -0.3 is 4.90 Å². The summed E-state index contributed by atoms with van der Waals surface area (Å²) in [5, 5.41) is 1.49. The van der Waals surface area contributed by atoms with E-state index in [-0.39, 0.29) is 0 Å². The Kier molecular flexibility index (Phi) is 5.38. The summed E-state index contributed by atoms with van der Waals surface area (Å²) < 4.78 is 0. The predicted octanol–water partition coefficient (Wildman–Crippen LogP) is 6.65. The largest absolute Gasteiger partial charge is 0.356 e. The van der Waals surface area contributed by atoms with E-state index in [0.717, 1.165) is 22.5 Å². The molecule has 142 valence electrons. The first-order valence-electron chi connectivity index (χ1n) is 9.87. The molecule has 27 heavy (non-hydrogen) atoms. The van der Waals surface area contributed by atoms with Crippen LogP contribution in [0.5, 0.6) is 0 Å². The van der Waals surface area contributed by atoms with Crippen LogP contribution in [0.2, 0.25) is 5.28 Å². The molecule has 0 radical (unpaired) electrons. The predicted molar refractivity (Wildman–Crippen MR) is 117 cm³/mol. The van der Waals surface area contributed by atoms with Crippen LogP contribution in [0.25, 0.3) is 21.3 Å². The lowest BCUT2D eigenvalue weighted by atomic mass is 9.94. The summed E-state index contributed by atoms with van der Waals surface area (Å²) in [5.41, 5.74) is 3.85. The van der Waals surface area contributed by atoms with Gasteiger partial charge in [-0.25, -0.2) is 4.98 Å². The molecule has 4 rings (SSSR count). The number of rotatable bonds is 4. The zero-order chi connectivity index (χ0) is 19.0. The number of halogens is 1. The number of fused-ring (bicyclic) bond motifs is 1. The van der Waals surface area contributed by atoms with Crippen molar-refractivity contribution in [3.63, 3.8) is 0 Å². The highest BCUT2D eigenvalue weighted by atomic mass is 35.5. The highest BCUT2D eigenvalue weighted by Gasteiger charge is 2.25. The highest BCUT2D eigenvalue weighted by Crippen LogP contribution is 2.43. The Labute approximate surface area is 170 Å². The number of nitrogens with zero attached hydrogens (tertiary/aromatic N) is 3. The molecule has 0 bridgehead atoms. The SMILES string of the molecule is CCc1ccc(-c2c(C)sc3nc(Cl)nc(N(C)C4CCCCC4)c23)cc1. The second kappa shape index (κ2) is 7.76. The lowest BCUT2D eigenvalue weighted by Gasteiger charge is -2.32. The van der Waals surface area contributed by atoms with E-state index in [1.165, 1.54) is 53.7 Å². The molecule has 5 heteroatoms. The number of hydrogen-bond acceptors (Lipinski definition) is 4. The average Bonchev–Trinajstić information content (AvgIpc) is 3.03. The van der Waals surface area contributed by atoms with Crippen molar-refractivity contribution in [3.05, 3.63) is 40.0 Å². The summed E-state index contributed by atoms with van der Waals surface area (Å²) in [6.45, 7) is 4.36. The van der Waals surface area contributed by atoms with Crippen LogP contribution in [0.3, 0.4) is 0 Å². The Hall–Kier alpha value is -1.65. The Bertz CT molecular complexity index is 942. The van der Waals surface area contributed by atoms with Gasteiger partial charge in [-0.3, -0.25) is 0 Å². The minimum Gasteiger partial charge on any atom is -0.356 e. The van der Waals surface area contributed by atoms with E-state index in [1.807, 2.05) is 0 Å². The van der Waals surface area contributed by atoms with Gasteiger partial charge in [0.2, 0.25) is 5.28 Å². The summed E-state index contributed by atoms with van der Waals surface area (Å²) in [7, 11) is 2.17. The molecule has 1 fully saturated rings. The van der Waals surface area contributed by atoms with E-state index in [9.17, 15) is 0 Å². The van der Waals surface area contributed by atoms with Crippen LogP contribution >= 0.6 is 22.9 Å². The molecule has 0 unspecified atom stereocenters. The molecule has 1 aromatic carbocycles. The molecule has 1 saturated carbocycles.